The van der Waals surface area contributed by atoms with E-state index in [1.54, 1.807) is 0 Å². The molecule has 1 N–H and O–H groups in total. The number of hydrogen-bond acceptors (Lipinski definition) is 0. The van der Waals surface area contributed by atoms with Gasteiger partial charge in [0.15, 0.2) is 0 Å². The fourth-order valence-electron chi connectivity index (χ4n) is 1.58. The van der Waals surface area contributed by atoms with Gasteiger partial charge in [-0.25, -0.2) is 0 Å². The highest BCUT2D eigenvalue weighted by Gasteiger charge is 2.23. The molecule has 1 aliphatic carbocycles. The molecule has 1 rings (SSSR count). The Bertz CT molecular complexity index is 80.6. The van der Waals surface area contributed by atoms with Gasteiger partial charge in [-0.1, -0.05) is 26.7 Å². The first kappa shape index (κ1) is 7.07. The summed E-state index contributed by atoms with van der Waals surface area (Å²) in [6.07, 6.45) is 3.75. The molecule has 0 saturated heterocycles. The van der Waals surface area contributed by atoms with E-state index in [1.165, 1.54) is 12.8 Å². The van der Waals surface area contributed by atoms with Crippen molar-refractivity contribution in [2.45, 2.75) is 39.2 Å². The van der Waals surface area contributed by atoms with E-state index in [4.69, 9.17) is 5.73 Å². The van der Waals surface area contributed by atoms with Gasteiger partial charge in [0.1, 0.15) is 0 Å². The summed E-state index contributed by atoms with van der Waals surface area (Å²) in [6.45, 7) is 4.48. The molecule has 0 aliphatic heterocycles. The van der Waals surface area contributed by atoms with E-state index in [1.807, 2.05) is 0 Å². The molecule has 1 aliphatic rings. The van der Waals surface area contributed by atoms with Crippen molar-refractivity contribution in [3.63, 3.8) is 0 Å². The summed E-state index contributed by atoms with van der Waals surface area (Å²) >= 11 is 0. The Labute approximate surface area is 57.6 Å². The van der Waals surface area contributed by atoms with Gasteiger partial charge in [0, 0.05) is 6.04 Å². The van der Waals surface area contributed by atoms with Crippen LogP contribution >= 0.6 is 0 Å². The largest absolute Gasteiger partial charge is 0.254 e. The van der Waals surface area contributed by atoms with Gasteiger partial charge >= 0.3 is 0 Å². The van der Waals surface area contributed by atoms with Crippen molar-refractivity contribution in [1.82, 2.24) is 5.73 Å². The average molecular weight is 126 g/mol. The lowest BCUT2D eigenvalue weighted by molar-refractivity contribution is 0.235. The molecule has 1 heteroatoms. The molecule has 1 nitrogen and oxygen atoms in total. The third kappa shape index (κ3) is 1.45. The average Bonchev–Trinajstić information content (AvgIpc) is 1.83. The number of hydrogen-bond donors (Lipinski definition) is 0. The Hall–Kier alpha value is -0.0400. The monoisotopic (exact) mass is 126 g/mol. The highest BCUT2D eigenvalue weighted by Crippen LogP contribution is 2.28. The fraction of sp³-hybridized carbons (Fsp3) is 1.00. The summed E-state index contributed by atoms with van der Waals surface area (Å²) in [5.74, 6) is 1.43. The van der Waals surface area contributed by atoms with Crippen LogP contribution in [-0.4, -0.2) is 6.04 Å². The maximum atomic E-state index is 7.61. The molecule has 0 heterocycles. The molecule has 0 bridgehead atoms. The van der Waals surface area contributed by atoms with Gasteiger partial charge in [0.05, 0.1) is 0 Å². The minimum atomic E-state index is 0.230. The summed E-state index contributed by atoms with van der Waals surface area (Å²) in [5.41, 5.74) is 7.61. The quantitative estimate of drug-likeness (QED) is 0.474. The van der Waals surface area contributed by atoms with E-state index in [0.29, 0.717) is 5.92 Å². The lowest BCUT2D eigenvalue weighted by Gasteiger charge is -2.30. The maximum Gasteiger partial charge on any atom is 0.0241 e. The van der Waals surface area contributed by atoms with Crippen LogP contribution < -0.4 is 5.73 Å². The van der Waals surface area contributed by atoms with Crippen molar-refractivity contribution in [1.29, 1.82) is 0 Å². The van der Waals surface area contributed by atoms with Gasteiger partial charge < -0.3 is 0 Å². The Morgan fingerprint density at radius 1 is 1.22 bits per heavy atom. The Kier molecular flexibility index (Phi) is 2.12. The van der Waals surface area contributed by atoms with Gasteiger partial charge in [-0.05, 0) is 18.3 Å². The summed E-state index contributed by atoms with van der Waals surface area (Å²) in [4.78, 5) is 0. The molecule has 1 saturated carbocycles. The predicted molar refractivity (Wildman–Crippen MR) is 39.1 cm³/mol. The Balaban J connectivity index is 2.41. The second-order valence-electron chi connectivity index (χ2n) is 3.37. The minimum absolute atomic E-state index is 0.230. The molecule has 53 valence electrons. The maximum absolute atomic E-state index is 7.61. The second-order valence-corrected chi connectivity index (χ2v) is 3.37. The molecule has 0 spiro atoms. The van der Waals surface area contributed by atoms with Gasteiger partial charge in [-0.2, -0.15) is 0 Å². The molecule has 3 atom stereocenters. The molecule has 1 fully saturated rings. The molecule has 3 unspecified atom stereocenters. The van der Waals surface area contributed by atoms with Crippen molar-refractivity contribution < 1.29 is 0 Å². The summed E-state index contributed by atoms with van der Waals surface area (Å²) in [5, 5.41) is 0. The van der Waals surface area contributed by atoms with Crippen molar-refractivity contribution in [2.75, 3.05) is 0 Å². The molecule has 0 aromatic heterocycles. The Morgan fingerprint density at radius 2 is 1.89 bits per heavy atom. The first-order valence-corrected chi connectivity index (χ1v) is 3.93. The predicted octanol–water partition coefficient (Wildman–Crippen LogP) is 2.09. The first-order chi connectivity index (χ1) is 4.22. The van der Waals surface area contributed by atoms with E-state index < -0.39 is 0 Å². The van der Waals surface area contributed by atoms with Crippen LogP contribution in [-0.2, 0) is 0 Å². The zero-order chi connectivity index (χ0) is 6.85. The molecule has 9 heavy (non-hydrogen) atoms. The topological polar surface area (TPSA) is 23.8 Å². The number of nitrogens with one attached hydrogen (secondary N) is 1. The molecule has 0 aromatic carbocycles. The fourth-order valence-corrected chi connectivity index (χ4v) is 1.58. The van der Waals surface area contributed by atoms with Crippen LogP contribution in [0.1, 0.15) is 33.1 Å². The smallest absolute Gasteiger partial charge is 0.0241 e. The third-order valence-electron chi connectivity index (χ3n) is 2.71. The highest BCUT2D eigenvalue weighted by molar-refractivity contribution is 4.78. The van der Waals surface area contributed by atoms with Crippen molar-refractivity contribution in [3.8, 4) is 0 Å². The summed E-state index contributed by atoms with van der Waals surface area (Å²) in [6, 6.07) is 0.230. The van der Waals surface area contributed by atoms with Gasteiger partial charge in [-0.3, -0.25) is 5.73 Å². The van der Waals surface area contributed by atoms with Crippen LogP contribution in [0.2, 0.25) is 0 Å². The second kappa shape index (κ2) is 2.70. The van der Waals surface area contributed by atoms with E-state index in [2.05, 4.69) is 13.8 Å². The minimum Gasteiger partial charge on any atom is -0.254 e. The third-order valence-corrected chi connectivity index (χ3v) is 2.71. The van der Waals surface area contributed by atoms with Crippen molar-refractivity contribution in [3.05, 3.63) is 0 Å². The highest BCUT2D eigenvalue weighted by atomic mass is 14.7. The van der Waals surface area contributed by atoms with E-state index in [0.717, 1.165) is 12.3 Å². The summed E-state index contributed by atoms with van der Waals surface area (Å²) in [7, 11) is 0. The molecule has 0 aromatic rings. The van der Waals surface area contributed by atoms with Crippen LogP contribution in [0, 0.1) is 11.8 Å². The molecule has 1 radical (unpaired) electrons. The molecular weight excluding hydrogens is 110 g/mol. The molecular formula is C8H16N. The first-order valence-electron chi connectivity index (χ1n) is 3.93. The zero-order valence-electron chi connectivity index (χ0n) is 6.35. The van der Waals surface area contributed by atoms with Crippen LogP contribution in [0.4, 0.5) is 0 Å². The molecule has 0 amide bonds. The lowest BCUT2D eigenvalue weighted by atomic mass is 9.78. The van der Waals surface area contributed by atoms with E-state index in [-0.39, 0.29) is 6.04 Å². The lowest BCUT2D eigenvalue weighted by Crippen LogP contribution is -2.29. The van der Waals surface area contributed by atoms with Gasteiger partial charge in [0.2, 0.25) is 0 Å². The van der Waals surface area contributed by atoms with Gasteiger partial charge in [0.25, 0.3) is 0 Å². The van der Waals surface area contributed by atoms with Crippen molar-refractivity contribution in [2.24, 2.45) is 11.8 Å². The normalized spacial score (nSPS) is 45.0. The Morgan fingerprint density at radius 3 is 2.33 bits per heavy atom. The van der Waals surface area contributed by atoms with Crippen LogP contribution in [0.15, 0.2) is 0 Å². The van der Waals surface area contributed by atoms with Crippen LogP contribution in [0.3, 0.4) is 0 Å². The van der Waals surface area contributed by atoms with Crippen molar-refractivity contribution >= 4 is 0 Å². The zero-order valence-corrected chi connectivity index (χ0v) is 6.35. The van der Waals surface area contributed by atoms with Crippen LogP contribution in [0.5, 0.6) is 0 Å². The van der Waals surface area contributed by atoms with Crippen LogP contribution in [0.25, 0.3) is 0 Å². The standard InChI is InChI=1S/C8H16N/c1-6-4-3-5-8(9)7(6)2/h6-9H,3-5H2,1-2H3. The summed E-state index contributed by atoms with van der Waals surface area (Å²) < 4.78 is 0. The number of rotatable bonds is 0. The van der Waals surface area contributed by atoms with E-state index >= 15 is 0 Å². The van der Waals surface area contributed by atoms with E-state index in [9.17, 15) is 0 Å². The SMILES string of the molecule is CC1CCCC([NH])C1C. The van der Waals surface area contributed by atoms with Gasteiger partial charge in [-0.15, -0.1) is 0 Å².